The smallest absolute Gasteiger partial charge is 0.261 e. The largest absolute Gasteiger partial charge is 0.507 e. The molecule has 2 rings (SSSR count). The molecule has 2 aromatic rings. The molecule has 26 heavy (non-hydrogen) atoms. The number of rotatable bonds is 6. The average molecular weight is 357 g/mol. The molecule has 0 aromatic heterocycles. The Morgan fingerprint density at radius 3 is 2.15 bits per heavy atom. The predicted molar refractivity (Wildman–Crippen MR) is 95.7 cm³/mol. The molecule has 0 radical (unpaired) electrons. The topological polar surface area (TPSA) is 94.1 Å². The van der Waals surface area contributed by atoms with Crippen molar-refractivity contribution in [3.63, 3.8) is 0 Å². The lowest BCUT2D eigenvalue weighted by Gasteiger charge is -2.12. The van der Waals surface area contributed by atoms with Gasteiger partial charge in [-0.25, -0.2) is 0 Å². The molecule has 136 valence electrons. The number of nitrogens with one attached hydrogen (secondary N) is 1. The molecule has 0 saturated carbocycles. The normalized spacial score (nSPS) is 10.4. The molecule has 2 amide bonds. The summed E-state index contributed by atoms with van der Waals surface area (Å²) in [5.41, 5.74) is 0.631. The van der Waals surface area contributed by atoms with E-state index in [9.17, 15) is 14.7 Å². The molecule has 0 aliphatic carbocycles. The minimum atomic E-state index is -0.692. The zero-order valence-electron chi connectivity index (χ0n) is 14.6. The van der Waals surface area contributed by atoms with Gasteiger partial charge in [-0.3, -0.25) is 14.9 Å². The molecule has 2 aromatic carbocycles. The molecule has 0 heterocycles. The Bertz CT molecular complexity index is 819. The second-order valence-electron chi connectivity index (χ2n) is 5.13. The van der Waals surface area contributed by atoms with Gasteiger partial charge in [0.25, 0.3) is 11.8 Å². The van der Waals surface area contributed by atoms with Crippen LogP contribution in [0.3, 0.4) is 0 Å². The summed E-state index contributed by atoms with van der Waals surface area (Å²) in [4.78, 5) is 23.9. The number of para-hydroxylation sites is 1. The van der Waals surface area contributed by atoms with Gasteiger partial charge in [0.15, 0.2) is 11.5 Å². The highest BCUT2D eigenvalue weighted by Crippen LogP contribution is 2.38. The maximum atomic E-state index is 12.0. The Kier molecular flexibility index (Phi) is 6.21. The van der Waals surface area contributed by atoms with E-state index in [0.29, 0.717) is 22.8 Å². The zero-order valence-corrected chi connectivity index (χ0v) is 14.6. The first-order valence-electron chi connectivity index (χ1n) is 7.61. The molecule has 0 spiro atoms. The van der Waals surface area contributed by atoms with Gasteiger partial charge in [-0.2, -0.15) is 0 Å². The van der Waals surface area contributed by atoms with Crippen LogP contribution in [0.2, 0.25) is 0 Å². The molecule has 0 unspecified atom stereocenters. The van der Waals surface area contributed by atoms with Crippen molar-refractivity contribution in [1.29, 1.82) is 0 Å². The summed E-state index contributed by atoms with van der Waals surface area (Å²) in [5, 5.41) is 11.8. The number of imide groups is 1. The fourth-order valence-corrected chi connectivity index (χ4v) is 2.26. The van der Waals surface area contributed by atoms with Crippen LogP contribution in [0.5, 0.6) is 23.0 Å². The monoisotopic (exact) mass is 357 g/mol. The fourth-order valence-electron chi connectivity index (χ4n) is 2.26. The highest BCUT2D eigenvalue weighted by atomic mass is 16.5. The second kappa shape index (κ2) is 8.57. The standard InChI is InChI=1S/C19H19NO6/c1-24-15-10-12(11-16(25-2)18(15)26-3)8-9-17(22)20-19(23)13-6-4-5-7-14(13)21/h4-11,21H,1-3H3,(H,20,22,23). The maximum Gasteiger partial charge on any atom is 0.261 e. The molecule has 7 heteroatoms. The number of benzene rings is 2. The van der Waals surface area contributed by atoms with Gasteiger partial charge in [-0.05, 0) is 35.9 Å². The summed E-state index contributed by atoms with van der Waals surface area (Å²) >= 11 is 0. The van der Waals surface area contributed by atoms with Gasteiger partial charge in [0, 0.05) is 6.08 Å². The van der Waals surface area contributed by atoms with Crippen LogP contribution in [0, 0.1) is 0 Å². The minimum Gasteiger partial charge on any atom is -0.507 e. The van der Waals surface area contributed by atoms with Crippen LogP contribution in [0.25, 0.3) is 6.08 Å². The number of ether oxygens (including phenoxy) is 3. The summed E-state index contributed by atoms with van der Waals surface area (Å²) in [7, 11) is 4.47. The molecule has 0 atom stereocenters. The summed E-state index contributed by atoms with van der Waals surface area (Å²) in [5.74, 6) is -0.207. The SMILES string of the molecule is COc1cc(C=CC(=O)NC(=O)c2ccccc2O)cc(OC)c1OC. The molecule has 0 aliphatic heterocycles. The van der Waals surface area contributed by atoms with Crippen LogP contribution >= 0.6 is 0 Å². The van der Waals surface area contributed by atoms with Gasteiger partial charge in [0.1, 0.15) is 5.75 Å². The predicted octanol–water partition coefficient (Wildman–Crippen LogP) is 2.39. The number of phenols is 1. The van der Waals surface area contributed by atoms with Crippen LogP contribution in [0.4, 0.5) is 0 Å². The van der Waals surface area contributed by atoms with Crippen molar-refractivity contribution in [1.82, 2.24) is 5.32 Å². The number of hydrogen-bond donors (Lipinski definition) is 2. The van der Waals surface area contributed by atoms with E-state index in [-0.39, 0.29) is 11.3 Å². The van der Waals surface area contributed by atoms with Gasteiger partial charge >= 0.3 is 0 Å². The molecular formula is C19H19NO6. The summed E-state index contributed by atoms with van der Waals surface area (Å²) in [6, 6.07) is 9.28. The number of aromatic hydroxyl groups is 1. The van der Waals surface area contributed by atoms with Gasteiger partial charge < -0.3 is 19.3 Å². The highest BCUT2D eigenvalue weighted by Gasteiger charge is 2.14. The lowest BCUT2D eigenvalue weighted by Crippen LogP contribution is -2.28. The Balaban J connectivity index is 2.15. The number of carbonyl (C=O) groups excluding carboxylic acids is 2. The third-order valence-electron chi connectivity index (χ3n) is 3.50. The first kappa shape index (κ1) is 18.9. The van der Waals surface area contributed by atoms with Gasteiger partial charge in [-0.15, -0.1) is 0 Å². The van der Waals surface area contributed by atoms with Crippen LogP contribution in [-0.2, 0) is 4.79 Å². The highest BCUT2D eigenvalue weighted by molar-refractivity contribution is 6.10. The summed E-state index contributed by atoms with van der Waals surface area (Å²) in [6.45, 7) is 0. The quantitative estimate of drug-likeness (QED) is 0.771. The maximum absolute atomic E-state index is 12.0. The van der Waals surface area contributed by atoms with E-state index in [0.717, 1.165) is 0 Å². The first-order chi connectivity index (χ1) is 12.5. The number of methoxy groups -OCH3 is 3. The van der Waals surface area contributed by atoms with E-state index >= 15 is 0 Å². The Labute approximate surface area is 150 Å². The lowest BCUT2D eigenvalue weighted by molar-refractivity contribution is -0.115. The van der Waals surface area contributed by atoms with Crippen LogP contribution in [0.15, 0.2) is 42.5 Å². The first-order valence-corrected chi connectivity index (χ1v) is 7.61. The fraction of sp³-hybridized carbons (Fsp3) is 0.158. The summed E-state index contributed by atoms with van der Waals surface area (Å²) < 4.78 is 15.7. The van der Waals surface area contributed by atoms with E-state index < -0.39 is 11.8 Å². The molecule has 2 N–H and O–H groups in total. The van der Waals surface area contributed by atoms with Gasteiger partial charge in [-0.1, -0.05) is 12.1 Å². The molecule has 0 bridgehead atoms. The summed E-state index contributed by atoms with van der Waals surface area (Å²) in [6.07, 6.45) is 2.69. The number of phenolic OH excluding ortho intramolecular Hbond substituents is 1. The van der Waals surface area contributed by atoms with E-state index in [1.807, 2.05) is 0 Å². The molecule has 0 aliphatic rings. The van der Waals surface area contributed by atoms with Crippen molar-refractivity contribution in [2.24, 2.45) is 0 Å². The van der Waals surface area contributed by atoms with Crippen LogP contribution in [0.1, 0.15) is 15.9 Å². The van der Waals surface area contributed by atoms with E-state index in [1.54, 1.807) is 24.3 Å². The molecular weight excluding hydrogens is 338 g/mol. The van der Waals surface area contributed by atoms with Crippen molar-refractivity contribution >= 4 is 17.9 Å². The molecule has 0 saturated heterocycles. The van der Waals surface area contributed by atoms with E-state index in [1.165, 1.54) is 45.6 Å². The lowest BCUT2D eigenvalue weighted by atomic mass is 10.1. The van der Waals surface area contributed by atoms with Crippen LogP contribution in [-0.4, -0.2) is 38.3 Å². The van der Waals surface area contributed by atoms with Crippen molar-refractivity contribution in [3.05, 3.63) is 53.6 Å². The third-order valence-corrected chi connectivity index (χ3v) is 3.50. The average Bonchev–Trinajstić information content (AvgIpc) is 2.65. The van der Waals surface area contributed by atoms with Crippen LogP contribution < -0.4 is 19.5 Å². The Morgan fingerprint density at radius 1 is 1.00 bits per heavy atom. The Hall–Kier alpha value is -3.48. The molecule has 0 fully saturated rings. The number of amides is 2. The van der Waals surface area contributed by atoms with Gasteiger partial charge in [0.05, 0.1) is 26.9 Å². The van der Waals surface area contributed by atoms with E-state index in [4.69, 9.17) is 14.2 Å². The van der Waals surface area contributed by atoms with E-state index in [2.05, 4.69) is 5.32 Å². The zero-order chi connectivity index (χ0) is 19.1. The molecule has 7 nitrogen and oxygen atoms in total. The Morgan fingerprint density at radius 2 is 1.62 bits per heavy atom. The number of carbonyl (C=O) groups is 2. The van der Waals surface area contributed by atoms with Gasteiger partial charge in [0.2, 0.25) is 5.75 Å². The van der Waals surface area contributed by atoms with Crippen molar-refractivity contribution in [2.75, 3.05) is 21.3 Å². The third kappa shape index (κ3) is 4.32. The van der Waals surface area contributed by atoms with Crippen molar-refractivity contribution in [2.45, 2.75) is 0 Å². The minimum absolute atomic E-state index is 0.0158. The van der Waals surface area contributed by atoms with Crippen molar-refractivity contribution in [3.8, 4) is 23.0 Å². The second-order valence-corrected chi connectivity index (χ2v) is 5.13. The number of hydrogen-bond acceptors (Lipinski definition) is 6. The van der Waals surface area contributed by atoms with Crippen molar-refractivity contribution < 1.29 is 28.9 Å².